The van der Waals surface area contributed by atoms with Gasteiger partial charge in [0.2, 0.25) is 0 Å². The van der Waals surface area contributed by atoms with E-state index in [0.717, 1.165) is 50.0 Å². The summed E-state index contributed by atoms with van der Waals surface area (Å²) >= 11 is 0. The number of nitrogens with zero attached hydrogens (tertiary/aromatic N) is 2. The molecular weight excluding hydrogens is 319 g/mol. The summed E-state index contributed by atoms with van der Waals surface area (Å²) < 4.78 is 13.2. The van der Waals surface area contributed by atoms with Crippen LogP contribution in [0.25, 0.3) is 0 Å². The summed E-state index contributed by atoms with van der Waals surface area (Å²) in [6, 6.07) is 6.37. The van der Waals surface area contributed by atoms with E-state index in [0.29, 0.717) is 5.92 Å². The van der Waals surface area contributed by atoms with E-state index < -0.39 is 0 Å². The van der Waals surface area contributed by atoms with Gasteiger partial charge in [0.25, 0.3) is 0 Å². The Morgan fingerprint density at radius 1 is 1.24 bits per heavy atom. The molecule has 5 nitrogen and oxygen atoms in total. The maximum absolute atomic E-state index is 13.2. The van der Waals surface area contributed by atoms with Crippen molar-refractivity contribution in [3.63, 3.8) is 0 Å². The van der Waals surface area contributed by atoms with E-state index in [4.69, 9.17) is 0 Å². The third-order valence-corrected chi connectivity index (χ3v) is 5.20. The molecule has 2 aromatic rings. The molecule has 0 radical (unpaired) electrons. The Morgan fingerprint density at radius 2 is 2.04 bits per heavy atom. The number of aromatic nitrogens is 2. The maximum Gasteiger partial charge on any atom is 0.318 e. The highest BCUT2D eigenvalue weighted by atomic mass is 19.1. The minimum Gasteiger partial charge on any atom is -0.347 e. The third-order valence-electron chi connectivity index (χ3n) is 5.20. The number of imidazole rings is 1. The first kappa shape index (κ1) is 16.1. The molecule has 2 atom stereocenters. The minimum atomic E-state index is -0.251. The van der Waals surface area contributed by atoms with Crippen molar-refractivity contribution in [1.82, 2.24) is 20.2 Å². The van der Waals surface area contributed by atoms with Crippen LogP contribution in [0.5, 0.6) is 0 Å². The van der Waals surface area contributed by atoms with Crippen molar-refractivity contribution < 1.29 is 9.18 Å². The van der Waals surface area contributed by atoms with Gasteiger partial charge in [-0.15, -0.1) is 0 Å². The zero-order valence-electron chi connectivity index (χ0n) is 14.1. The largest absolute Gasteiger partial charge is 0.347 e. The second-order valence-corrected chi connectivity index (χ2v) is 7.00. The lowest BCUT2D eigenvalue weighted by atomic mass is 10.0. The van der Waals surface area contributed by atoms with Crippen molar-refractivity contribution >= 4 is 6.03 Å². The molecule has 6 heteroatoms. The fraction of sp³-hybridized carbons (Fsp3) is 0.474. The van der Waals surface area contributed by atoms with Gasteiger partial charge in [0.05, 0.1) is 12.1 Å². The fourth-order valence-electron chi connectivity index (χ4n) is 3.71. The highest BCUT2D eigenvalue weighted by Gasteiger charge is 2.36. The molecule has 1 aromatic carbocycles. The summed E-state index contributed by atoms with van der Waals surface area (Å²) in [5.74, 6) is 1.04. The van der Waals surface area contributed by atoms with E-state index in [1.165, 1.54) is 12.1 Å². The van der Waals surface area contributed by atoms with Crippen molar-refractivity contribution in [2.24, 2.45) is 5.92 Å². The van der Waals surface area contributed by atoms with E-state index in [1.807, 2.05) is 4.90 Å². The standard InChI is InChI=1S/C19H23FN4O/c20-15-8-6-14(7-9-15)17(13-4-5-13)23-19(25)24-12-2-1-3-16(24)18-21-10-11-22-18/h6-11,13,16-17H,1-5,12H2,(H,21,22)(H,23,25). The number of likely N-dealkylation sites (tertiary alicyclic amines) is 1. The van der Waals surface area contributed by atoms with Gasteiger partial charge < -0.3 is 15.2 Å². The number of rotatable bonds is 4. The highest BCUT2D eigenvalue weighted by molar-refractivity contribution is 5.75. The topological polar surface area (TPSA) is 61.0 Å². The molecule has 2 unspecified atom stereocenters. The van der Waals surface area contributed by atoms with Gasteiger partial charge in [0.15, 0.2) is 0 Å². The van der Waals surface area contributed by atoms with Gasteiger partial charge in [-0.1, -0.05) is 12.1 Å². The van der Waals surface area contributed by atoms with Crippen molar-refractivity contribution in [3.8, 4) is 0 Å². The molecule has 1 aliphatic carbocycles. The normalized spacial score (nSPS) is 21.8. The van der Waals surface area contributed by atoms with Crippen LogP contribution in [0.15, 0.2) is 36.7 Å². The van der Waals surface area contributed by atoms with Crippen LogP contribution in [0.1, 0.15) is 55.6 Å². The zero-order valence-corrected chi connectivity index (χ0v) is 14.1. The molecule has 2 amide bonds. The number of piperidine rings is 1. The number of H-pyrrole nitrogens is 1. The first-order valence-corrected chi connectivity index (χ1v) is 9.04. The predicted octanol–water partition coefficient (Wildman–Crippen LogP) is 3.94. The van der Waals surface area contributed by atoms with Crippen LogP contribution in [-0.2, 0) is 0 Å². The van der Waals surface area contributed by atoms with Gasteiger partial charge in [0, 0.05) is 18.9 Å². The van der Waals surface area contributed by atoms with E-state index in [2.05, 4.69) is 15.3 Å². The lowest BCUT2D eigenvalue weighted by Gasteiger charge is -2.35. The molecule has 4 rings (SSSR count). The molecule has 2 heterocycles. The number of aromatic amines is 1. The van der Waals surface area contributed by atoms with E-state index >= 15 is 0 Å². The summed E-state index contributed by atoms with van der Waals surface area (Å²) in [6.45, 7) is 0.734. The molecule has 132 valence electrons. The Balaban J connectivity index is 1.51. The molecular formula is C19H23FN4O. The van der Waals surface area contributed by atoms with Crippen LogP contribution in [-0.4, -0.2) is 27.4 Å². The van der Waals surface area contributed by atoms with Crippen molar-refractivity contribution in [1.29, 1.82) is 0 Å². The fourth-order valence-corrected chi connectivity index (χ4v) is 3.71. The Kier molecular flexibility index (Phi) is 4.42. The number of amides is 2. The summed E-state index contributed by atoms with van der Waals surface area (Å²) in [5.41, 5.74) is 0.976. The Morgan fingerprint density at radius 3 is 2.72 bits per heavy atom. The number of urea groups is 1. The van der Waals surface area contributed by atoms with Crippen LogP contribution in [0.2, 0.25) is 0 Å². The van der Waals surface area contributed by atoms with Gasteiger partial charge in [0.1, 0.15) is 11.6 Å². The van der Waals surface area contributed by atoms with Crippen molar-refractivity contribution in [3.05, 3.63) is 53.9 Å². The van der Waals surface area contributed by atoms with Gasteiger partial charge in [-0.3, -0.25) is 0 Å². The molecule has 1 saturated heterocycles. The Labute approximate surface area is 146 Å². The molecule has 0 bridgehead atoms. The summed E-state index contributed by atoms with van der Waals surface area (Å²) in [4.78, 5) is 22.4. The zero-order chi connectivity index (χ0) is 17.2. The SMILES string of the molecule is O=C(NC(c1ccc(F)cc1)C1CC1)N1CCCCC1c1ncc[nH]1. The number of benzene rings is 1. The first-order valence-electron chi connectivity index (χ1n) is 9.04. The van der Waals surface area contributed by atoms with Crippen LogP contribution in [0.3, 0.4) is 0 Å². The van der Waals surface area contributed by atoms with E-state index in [-0.39, 0.29) is 23.9 Å². The van der Waals surface area contributed by atoms with Gasteiger partial charge in [-0.2, -0.15) is 0 Å². The molecule has 1 saturated carbocycles. The van der Waals surface area contributed by atoms with Gasteiger partial charge in [-0.25, -0.2) is 14.2 Å². The number of nitrogens with one attached hydrogen (secondary N) is 2. The number of hydrogen-bond donors (Lipinski definition) is 2. The van der Waals surface area contributed by atoms with Crippen molar-refractivity contribution in [2.75, 3.05) is 6.54 Å². The van der Waals surface area contributed by atoms with Crippen LogP contribution in [0.4, 0.5) is 9.18 Å². The molecule has 2 fully saturated rings. The maximum atomic E-state index is 13.2. The Hall–Kier alpha value is -2.37. The van der Waals surface area contributed by atoms with Gasteiger partial charge in [-0.05, 0) is 55.7 Å². The summed E-state index contributed by atoms with van der Waals surface area (Å²) in [5, 5.41) is 3.20. The molecule has 1 aliphatic heterocycles. The van der Waals surface area contributed by atoms with Crippen LogP contribution >= 0.6 is 0 Å². The van der Waals surface area contributed by atoms with E-state index in [1.54, 1.807) is 24.5 Å². The highest BCUT2D eigenvalue weighted by Crippen LogP contribution is 2.41. The molecule has 2 aliphatic rings. The van der Waals surface area contributed by atoms with Crippen LogP contribution < -0.4 is 5.32 Å². The molecule has 0 spiro atoms. The van der Waals surface area contributed by atoms with E-state index in [9.17, 15) is 9.18 Å². The number of hydrogen-bond acceptors (Lipinski definition) is 2. The second kappa shape index (κ2) is 6.86. The summed E-state index contributed by atoms with van der Waals surface area (Å²) in [6.07, 6.45) is 8.75. The lowest BCUT2D eigenvalue weighted by Crippen LogP contribution is -2.46. The number of carbonyl (C=O) groups excluding carboxylic acids is 1. The molecule has 1 aromatic heterocycles. The number of halogens is 1. The predicted molar refractivity (Wildman–Crippen MR) is 92.3 cm³/mol. The third kappa shape index (κ3) is 3.52. The quantitative estimate of drug-likeness (QED) is 0.884. The minimum absolute atomic E-state index is 0.00294. The first-order chi connectivity index (χ1) is 12.2. The van der Waals surface area contributed by atoms with Gasteiger partial charge >= 0.3 is 6.03 Å². The summed E-state index contributed by atoms with van der Waals surface area (Å²) in [7, 11) is 0. The average Bonchev–Trinajstić information content (AvgIpc) is 3.33. The Bertz CT molecular complexity index is 712. The monoisotopic (exact) mass is 342 g/mol. The average molecular weight is 342 g/mol. The second-order valence-electron chi connectivity index (χ2n) is 7.00. The lowest BCUT2D eigenvalue weighted by molar-refractivity contribution is 0.144. The van der Waals surface area contributed by atoms with Crippen molar-refractivity contribution in [2.45, 2.75) is 44.2 Å². The smallest absolute Gasteiger partial charge is 0.318 e. The van der Waals surface area contributed by atoms with Crippen LogP contribution in [0, 0.1) is 11.7 Å². The molecule has 2 N–H and O–H groups in total. The number of carbonyl (C=O) groups is 1. The molecule has 25 heavy (non-hydrogen) atoms.